The second kappa shape index (κ2) is 12.5. The predicted molar refractivity (Wildman–Crippen MR) is 86.2 cm³/mol. The first-order chi connectivity index (χ1) is 10.5. The molecule has 0 aromatic carbocycles. The van der Waals surface area contributed by atoms with Crippen LogP contribution in [0.5, 0.6) is 0 Å². The SMILES string of the molecule is CCCC1NC(C(=O)[O-])CS1.CCCC1NC(C(=O)[O-])CS1.[Zn+2]. The molecular weight excluding hydrogens is 390 g/mol. The van der Waals surface area contributed by atoms with E-state index >= 15 is 0 Å². The van der Waals surface area contributed by atoms with Gasteiger partial charge in [0, 0.05) is 11.5 Å². The van der Waals surface area contributed by atoms with Crippen LogP contribution in [-0.4, -0.2) is 46.3 Å². The molecule has 0 bridgehead atoms. The average molecular weight is 414 g/mol. The molecule has 0 radical (unpaired) electrons. The van der Waals surface area contributed by atoms with Crippen molar-refractivity contribution < 1.29 is 39.3 Å². The van der Waals surface area contributed by atoms with Crippen molar-refractivity contribution in [1.82, 2.24) is 10.6 Å². The number of carboxylic acids is 2. The summed E-state index contributed by atoms with van der Waals surface area (Å²) in [6.07, 6.45) is 4.25. The van der Waals surface area contributed by atoms with Crippen molar-refractivity contribution in [2.24, 2.45) is 0 Å². The molecule has 2 aliphatic rings. The summed E-state index contributed by atoms with van der Waals surface area (Å²) in [6.45, 7) is 4.18. The van der Waals surface area contributed by atoms with Crippen LogP contribution in [0.15, 0.2) is 0 Å². The van der Waals surface area contributed by atoms with E-state index in [9.17, 15) is 19.8 Å². The third-order valence-electron chi connectivity index (χ3n) is 3.37. The van der Waals surface area contributed by atoms with Gasteiger partial charge in [0.1, 0.15) is 0 Å². The maximum absolute atomic E-state index is 10.4. The van der Waals surface area contributed by atoms with Gasteiger partial charge in [-0.25, -0.2) is 0 Å². The second-order valence-electron chi connectivity index (χ2n) is 5.30. The van der Waals surface area contributed by atoms with E-state index in [-0.39, 0.29) is 19.5 Å². The number of carboxylic acid groups (broad SMARTS) is 2. The quantitative estimate of drug-likeness (QED) is 0.542. The van der Waals surface area contributed by atoms with Gasteiger partial charge in [-0.3, -0.25) is 10.6 Å². The first kappa shape index (κ1) is 23.2. The number of rotatable bonds is 6. The summed E-state index contributed by atoms with van der Waals surface area (Å²) in [6, 6.07) is -0.868. The van der Waals surface area contributed by atoms with E-state index in [4.69, 9.17) is 0 Å². The molecule has 2 fully saturated rings. The maximum atomic E-state index is 10.4. The Morgan fingerprint density at radius 3 is 1.48 bits per heavy atom. The van der Waals surface area contributed by atoms with Crippen LogP contribution in [0.3, 0.4) is 0 Å². The Kier molecular flexibility index (Phi) is 12.6. The van der Waals surface area contributed by atoms with Gasteiger partial charge in [0.25, 0.3) is 0 Å². The molecule has 4 atom stereocenters. The van der Waals surface area contributed by atoms with Crippen LogP contribution in [0.25, 0.3) is 0 Å². The standard InChI is InChI=1S/2C7H13NO2S.Zn/c2*1-2-3-6-8-5(4-11-6)7(9)10;/h2*5-6,8H,2-4H2,1H3,(H,9,10);/q;;+2/p-2. The normalized spacial score (nSPS) is 29.3. The van der Waals surface area contributed by atoms with Crippen molar-refractivity contribution >= 4 is 35.5 Å². The number of nitrogens with one attached hydrogen (secondary N) is 2. The van der Waals surface area contributed by atoms with Crippen molar-refractivity contribution in [1.29, 1.82) is 0 Å². The minimum absolute atomic E-state index is 0. The zero-order valence-corrected chi connectivity index (χ0v) is 18.3. The monoisotopic (exact) mass is 412 g/mol. The molecule has 0 aromatic rings. The van der Waals surface area contributed by atoms with Crippen molar-refractivity contribution in [3.8, 4) is 0 Å². The molecule has 2 N–H and O–H groups in total. The molecular formula is C14H24N2O4S2Zn. The van der Waals surface area contributed by atoms with Gasteiger partial charge in [0.05, 0.1) is 34.8 Å². The van der Waals surface area contributed by atoms with Crippen LogP contribution in [0.2, 0.25) is 0 Å². The Morgan fingerprint density at radius 2 is 1.26 bits per heavy atom. The molecule has 2 rings (SSSR count). The molecule has 2 saturated heterocycles. The fraction of sp³-hybridized carbons (Fsp3) is 0.857. The summed E-state index contributed by atoms with van der Waals surface area (Å²) in [5.74, 6) is -0.660. The van der Waals surface area contributed by atoms with E-state index in [0.717, 1.165) is 25.7 Å². The fourth-order valence-corrected chi connectivity index (χ4v) is 4.84. The number of hydrogen-bond acceptors (Lipinski definition) is 8. The smallest absolute Gasteiger partial charge is 0.548 e. The van der Waals surface area contributed by atoms with Gasteiger partial charge in [0.15, 0.2) is 0 Å². The van der Waals surface area contributed by atoms with Gasteiger partial charge in [-0.2, -0.15) is 0 Å². The van der Waals surface area contributed by atoms with Crippen molar-refractivity contribution in [3.05, 3.63) is 0 Å². The first-order valence-electron chi connectivity index (χ1n) is 7.64. The summed E-state index contributed by atoms with van der Waals surface area (Å²) in [7, 11) is 0. The van der Waals surface area contributed by atoms with Crippen molar-refractivity contribution in [2.45, 2.75) is 62.4 Å². The van der Waals surface area contributed by atoms with Gasteiger partial charge < -0.3 is 19.8 Å². The minimum atomic E-state index is -0.976. The summed E-state index contributed by atoms with van der Waals surface area (Å²) in [4.78, 5) is 20.7. The van der Waals surface area contributed by atoms with Crippen molar-refractivity contribution in [2.75, 3.05) is 11.5 Å². The van der Waals surface area contributed by atoms with E-state index in [1.54, 1.807) is 23.5 Å². The minimum Gasteiger partial charge on any atom is -0.548 e. The number of thioether (sulfide) groups is 2. The third-order valence-corrected chi connectivity index (χ3v) is 5.97. The molecule has 9 heteroatoms. The largest absolute Gasteiger partial charge is 2.00 e. The van der Waals surface area contributed by atoms with E-state index in [2.05, 4.69) is 24.5 Å². The van der Waals surface area contributed by atoms with Crippen LogP contribution >= 0.6 is 23.5 Å². The Balaban J connectivity index is 0.000000403. The molecule has 128 valence electrons. The van der Waals surface area contributed by atoms with Gasteiger partial charge in [-0.1, -0.05) is 26.7 Å². The molecule has 0 spiro atoms. The van der Waals surface area contributed by atoms with E-state index in [1.807, 2.05) is 0 Å². The van der Waals surface area contributed by atoms with Gasteiger partial charge >= 0.3 is 19.5 Å². The number of aliphatic carboxylic acids is 2. The van der Waals surface area contributed by atoms with Crippen molar-refractivity contribution in [3.63, 3.8) is 0 Å². The molecule has 4 unspecified atom stereocenters. The zero-order chi connectivity index (χ0) is 16.5. The molecule has 0 aliphatic carbocycles. The second-order valence-corrected chi connectivity index (χ2v) is 7.77. The zero-order valence-electron chi connectivity index (χ0n) is 13.7. The molecule has 23 heavy (non-hydrogen) atoms. The number of hydrogen-bond donors (Lipinski definition) is 2. The first-order valence-corrected chi connectivity index (χ1v) is 9.74. The predicted octanol–water partition coefficient (Wildman–Crippen LogP) is -0.867. The molecule has 0 saturated carbocycles. The molecule has 6 nitrogen and oxygen atoms in total. The number of carbonyl (C=O) groups excluding carboxylic acids is 2. The number of carbonyl (C=O) groups is 2. The summed E-state index contributed by atoms with van der Waals surface area (Å²) in [5.41, 5.74) is 0. The Morgan fingerprint density at radius 1 is 0.913 bits per heavy atom. The topological polar surface area (TPSA) is 104 Å². The van der Waals surface area contributed by atoms with Crippen LogP contribution in [0, 0.1) is 0 Å². The van der Waals surface area contributed by atoms with E-state index < -0.39 is 24.0 Å². The summed E-state index contributed by atoms with van der Waals surface area (Å²) >= 11 is 3.34. The summed E-state index contributed by atoms with van der Waals surface area (Å²) in [5, 5.41) is 27.4. The third kappa shape index (κ3) is 8.72. The van der Waals surface area contributed by atoms with Gasteiger partial charge in [-0.15, -0.1) is 23.5 Å². The van der Waals surface area contributed by atoms with Crippen LogP contribution < -0.4 is 20.8 Å². The van der Waals surface area contributed by atoms with Crippen LogP contribution in [0.4, 0.5) is 0 Å². The van der Waals surface area contributed by atoms with Crippen LogP contribution in [0.1, 0.15) is 39.5 Å². The maximum Gasteiger partial charge on any atom is 2.00 e. The average Bonchev–Trinajstić information content (AvgIpc) is 3.09. The van der Waals surface area contributed by atoms with Crippen LogP contribution in [-0.2, 0) is 29.1 Å². The Labute approximate surface area is 159 Å². The molecule has 0 amide bonds. The van der Waals surface area contributed by atoms with Gasteiger partial charge in [-0.05, 0) is 12.8 Å². The molecule has 0 aromatic heterocycles. The van der Waals surface area contributed by atoms with E-state index in [1.165, 1.54) is 0 Å². The Hall–Kier alpha value is 0.183. The molecule has 2 heterocycles. The van der Waals surface area contributed by atoms with E-state index in [0.29, 0.717) is 22.3 Å². The Bertz CT molecular complexity index is 343. The summed E-state index contributed by atoms with van der Waals surface area (Å²) < 4.78 is 0. The van der Waals surface area contributed by atoms with Gasteiger partial charge in [0.2, 0.25) is 0 Å². The fourth-order valence-electron chi connectivity index (χ4n) is 2.20. The molecule has 2 aliphatic heterocycles.